The number of hydrogen-bond acceptors (Lipinski definition) is 3. The Kier molecular flexibility index (Phi) is 6.35. The van der Waals surface area contributed by atoms with Crippen LogP contribution in [0.2, 0.25) is 0 Å². The number of benzene rings is 1. The van der Waals surface area contributed by atoms with Crippen molar-refractivity contribution >= 4 is 11.6 Å². The van der Waals surface area contributed by atoms with Crippen LogP contribution in [0.4, 0.5) is 10.1 Å². The summed E-state index contributed by atoms with van der Waals surface area (Å²) in [7, 11) is 0. The first kappa shape index (κ1) is 19.0. The van der Waals surface area contributed by atoms with Gasteiger partial charge in [-0.05, 0) is 63.4 Å². The zero-order valence-electron chi connectivity index (χ0n) is 16.1. The van der Waals surface area contributed by atoms with Gasteiger partial charge < -0.3 is 20.4 Å². The van der Waals surface area contributed by atoms with Gasteiger partial charge in [-0.2, -0.15) is 0 Å². The van der Waals surface area contributed by atoms with Crippen molar-refractivity contribution in [2.45, 2.75) is 32.7 Å². The number of piperazine rings is 1. The molecule has 3 rings (SSSR count). The number of hydrogen-bond donors (Lipinski definition) is 1. The van der Waals surface area contributed by atoms with Crippen molar-refractivity contribution in [1.82, 2.24) is 9.80 Å². The number of piperidine rings is 1. The van der Waals surface area contributed by atoms with Crippen molar-refractivity contribution in [3.05, 3.63) is 30.1 Å². The lowest BCUT2D eigenvalue weighted by Crippen LogP contribution is -2.51. The molecule has 144 valence electrons. The second kappa shape index (κ2) is 8.71. The minimum Gasteiger partial charge on any atom is -0.370 e. The smallest absolute Gasteiger partial charge is 0.191 e. The van der Waals surface area contributed by atoms with E-state index in [0.29, 0.717) is 17.9 Å². The van der Waals surface area contributed by atoms with Crippen molar-refractivity contribution in [3.63, 3.8) is 0 Å². The molecule has 2 aliphatic rings. The van der Waals surface area contributed by atoms with E-state index in [1.807, 2.05) is 12.1 Å². The normalized spacial score (nSPS) is 22.9. The van der Waals surface area contributed by atoms with Crippen LogP contribution in [0.15, 0.2) is 29.3 Å². The average molecular weight is 362 g/mol. The molecule has 1 aromatic carbocycles. The topological polar surface area (TPSA) is 48.1 Å². The number of halogens is 1. The van der Waals surface area contributed by atoms with E-state index in [2.05, 4.69) is 28.5 Å². The van der Waals surface area contributed by atoms with Gasteiger partial charge in [0.25, 0.3) is 0 Å². The second-order valence-electron chi connectivity index (χ2n) is 7.75. The number of rotatable bonds is 4. The maximum atomic E-state index is 13.1. The van der Waals surface area contributed by atoms with Crippen LogP contribution in [0.25, 0.3) is 0 Å². The molecule has 6 heteroatoms. The van der Waals surface area contributed by atoms with Crippen LogP contribution >= 0.6 is 0 Å². The van der Waals surface area contributed by atoms with E-state index in [9.17, 15) is 4.39 Å². The van der Waals surface area contributed by atoms with Gasteiger partial charge in [-0.1, -0.05) is 0 Å². The van der Waals surface area contributed by atoms with Crippen LogP contribution in [-0.2, 0) is 0 Å². The Morgan fingerprint density at radius 3 is 2.50 bits per heavy atom. The lowest BCUT2D eigenvalue weighted by molar-refractivity contribution is 0.143. The third kappa shape index (κ3) is 4.87. The molecule has 0 spiro atoms. The van der Waals surface area contributed by atoms with E-state index < -0.39 is 0 Å². The monoisotopic (exact) mass is 361 g/mol. The van der Waals surface area contributed by atoms with E-state index in [4.69, 9.17) is 10.7 Å². The lowest BCUT2D eigenvalue weighted by atomic mass is 9.97. The third-order valence-corrected chi connectivity index (χ3v) is 5.59. The summed E-state index contributed by atoms with van der Waals surface area (Å²) in [6.07, 6.45) is 2.51. The predicted molar refractivity (Wildman–Crippen MR) is 106 cm³/mol. The maximum Gasteiger partial charge on any atom is 0.191 e. The fraction of sp³-hybridized carbons (Fsp3) is 0.650. The molecule has 0 aliphatic carbocycles. The number of likely N-dealkylation sites (tertiary alicyclic amines) is 1. The summed E-state index contributed by atoms with van der Waals surface area (Å²) in [5.41, 5.74) is 7.33. The predicted octanol–water partition coefficient (Wildman–Crippen LogP) is 2.38. The zero-order valence-corrected chi connectivity index (χ0v) is 16.1. The summed E-state index contributed by atoms with van der Waals surface area (Å²) >= 11 is 0. The quantitative estimate of drug-likeness (QED) is 0.661. The summed E-state index contributed by atoms with van der Waals surface area (Å²) in [4.78, 5) is 11.7. The molecule has 0 radical (unpaired) electrons. The summed E-state index contributed by atoms with van der Waals surface area (Å²) in [5, 5.41) is 0. The fourth-order valence-electron chi connectivity index (χ4n) is 3.88. The van der Waals surface area contributed by atoms with Crippen LogP contribution < -0.4 is 10.6 Å². The Hall–Kier alpha value is -1.82. The number of nitrogens with two attached hydrogens (primary N) is 1. The Labute approximate surface area is 156 Å². The van der Waals surface area contributed by atoms with Crippen LogP contribution in [0, 0.1) is 11.7 Å². The van der Waals surface area contributed by atoms with Gasteiger partial charge in [0, 0.05) is 51.0 Å². The maximum absolute atomic E-state index is 13.1. The Balaban J connectivity index is 1.47. The van der Waals surface area contributed by atoms with Gasteiger partial charge in [0.1, 0.15) is 5.82 Å². The number of nitrogens with zero attached hydrogens (tertiary/aromatic N) is 4. The SMILES string of the molecule is CC(C)N1CCCC(CN=C(N)N2CCN(c3ccc(F)cc3)CC2)C1. The molecule has 2 aliphatic heterocycles. The number of guanidine groups is 1. The summed E-state index contributed by atoms with van der Waals surface area (Å²) in [5.74, 6) is 1.10. The van der Waals surface area contributed by atoms with E-state index in [1.165, 1.54) is 31.5 Å². The highest BCUT2D eigenvalue weighted by Gasteiger charge is 2.22. The Bertz CT molecular complexity index is 593. The first-order valence-electron chi connectivity index (χ1n) is 9.82. The summed E-state index contributed by atoms with van der Waals surface area (Å²) in [6.45, 7) is 11.2. The van der Waals surface area contributed by atoms with Gasteiger partial charge in [0.05, 0.1) is 0 Å². The molecule has 0 aromatic heterocycles. The van der Waals surface area contributed by atoms with Crippen molar-refractivity contribution in [2.75, 3.05) is 50.7 Å². The zero-order chi connectivity index (χ0) is 18.5. The van der Waals surface area contributed by atoms with E-state index >= 15 is 0 Å². The molecule has 0 amide bonds. The van der Waals surface area contributed by atoms with Crippen molar-refractivity contribution in [3.8, 4) is 0 Å². The van der Waals surface area contributed by atoms with Gasteiger partial charge in [0.2, 0.25) is 0 Å². The fourth-order valence-corrected chi connectivity index (χ4v) is 3.88. The van der Waals surface area contributed by atoms with Crippen molar-refractivity contribution < 1.29 is 4.39 Å². The molecule has 1 atom stereocenters. The third-order valence-electron chi connectivity index (χ3n) is 5.59. The standard InChI is InChI=1S/C20H32FN5/c1-16(2)26-9-3-4-17(15-26)14-23-20(22)25-12-10-24(11-13-25)19-7-5-18(21)6-8-19/h5-8,16-17H,3-4,9-15H2,1-2H3,(H2,22,23). The summed E-state index contributed by atoms with van der Waals surface area (Å²) in [6, 6.07) is 7.32. The molecule has 2 fully saturated rings. The molecule has 5 nitrogen and oxygen atoms in total. The van der Waals surface area contributed by atoms with Gasteiger partial charge in [-0.15, -0.1) is 0 Å². The summed E-state index contributed by atoms with van der Waals surface area (Å²) < 4.78 is 13.1. The lowest BCUT2D eigenvalue weighted by Gasteiger charge is -2.37. The molecule has 0 bridgehead atoms. The largest absolute Gasteiger partial charge is 0.370 e. The van der Waals surface area contributed by atoms with Crippen molar-refractivity contribution in [2.24, 2.45) is 16.6 Å². The van der Waals surface area contributed by atoms with Gasteiger partial charge in [-0.25, -0.2) is 4.39 Å². The highest BCUT2D eigenvalue weighted by molar-refractivity contribution is 5.78. The van der Waals surface area contributed by atoms with Crippen molar-refractivity contribution in [1.29, 1.82) is 0 Å². The molecule has 2 heterocycles. The Morgan fingerprint density at radius 1 is 1.15 bits per heavy atom. The second-order valence-corrected chi connectivity index (χ2v) is 7.75. The highest BCUT2D eigenvalue weighted by Crippen LogP contribution is 2.19. The highest BCUT2D eigenvalue weighted by atomic mass is 19.1. The first-order valence-corrected chi connectivity index (χ1v) is 9.82. The molecule has 2 N–H and O–H groups in total. The van der Waals surface area contributed by atoms with Gasteiger partial charge in [-0.3, -0.25) is 4.99 Å². The van der Waals surface area contributed by atoms with Crippen LogP contribution in [0.1, 0.15) is 26.7 Å². The minimum absolute atomic E-state index is 0.192. The Morgan fingerprint density at radius 2 is 1.85 bits per heavy atom. The molecule has 1 aromatic rings. The van der Waals surface area contributed by atoms with E-state index in [-0.39, 0.29) is 5.82 Å². The van der Waals surface area contributed by atoms with Gasteiger partial charge in [0.15, 0.2) is 5.96 Å². The molecule has 2 saturated heterocycles. The van der Waals surface area contributed by atoms with Crippen LogP contribution in [0.5, 0.6) is 0 Å². The number of anilines is 1. The molecule has 0 saturated carbocycles. The molecule has 26 heavy (non-hydrogen) atoms. The van der Waals surface area contributed by atoms with Gasteiger partial charge >= 0.3 is 0 Å². The number of aliphatic imine (C=N–C) groups is 1. The van der Waals surface area contributed by atoms with E-state index in [0.717, 1.165) is 45.0 Å². The molecular weight excluding hydrogens is 329 g/mol. The van der Waals surface area contributed by atoms with E-state index in [1.54, 1.807) is 0 Å². The first-order chi connectivity index (χ1) is 12.5. The molecule has 1 unspecified atom stereocenters. The molecular formula is C20H32FN5. The van der Waals surface area contributed by atoms with Crippen LogP contribution in [0.3, 0.4) is 0 Å². The minimum atomic E-state index is -0.192. The average Bonchev–Trinajstić information content (AvgIpc) is 2.67. The van der Waals surface area contributed by atoms with Crippen LogP contribution in [-0.4, -0.2) is 67.6 Å².